The predicted molar refractivity (Wildman–Crippen MR) is 93.9 cm³/mol. The highest BCUT2D eigenvalue weighted by Gasteiger charge is 2.27. The van der Waals surface area contributed by atoms with E-state index in [0.29, 0.717) is 31.7 Å². The van der Waals surface area contributed by atoms with Crippen LogP contribution in [0.4, 0.5) is 0 Å². The number of nitrogens with zero attached hydrogens (tertiary/aromatic N) is 2. The van der Waals surface area contributed by atoms with Crippen molar-refractivity contribution in [2.45, 2.75) is 25.0 Å². The van der Waals surface area contributed by atoms with E-state index in [1.807, 2.05) is 31.2 Å². The summed E-state index contributed by atoms with van der Waals surface area (Å²) in [5.41, 5.74) is 1.93. The van der Waals surface area contributed by atoms with Crippen LogP contribution in [-0.2, 0) is 9.59 Å². The number of benzene rings is 1. The minimum absolute atomic E-state index is 0.0757. The summed E-state index contributed by atoms with van der Waals surface area (Å²) in [6.45, 7) is 3.11. The SMILES string of the molecule is CC(SCC(=O)N1CCC(C(=O)O)CC1)c1nc2ccccc2[nH]1. The lowest BCUT2D eigenvalue weighted by atomic mass is 9.97. The monoisotopic (exact) mass is 347 g/mol. The highest BCUT2D eigenvalue weighted by Crippen LogP contribution is 2.28. The van der Waals surface area contributed by atoms with Gasteiger partial charge in [0.2, 0.25) is 5.91 Å². The number of fused-ring (bicyclic) bond motifs is 1. The van der Waals surface area contributed by atoms with Crippen LogP contribution in [0.3, 0.4) is 0 Å². The summed E-state index contributed by atoms with van der Waals surface area (Å²) in [5, 5.41) is 9.10. The Morgan fingerprint density at radius 2 is 2.08 bits per heavy atom. The molecule has 1 aliphatic heterocycles. The first-order valence-electron chi connectivity index (χ1n) is 8.11. The second-order valence-corrected chi connectivity index (χ2v) is 7.41. The number of nitrogens with one attached hydrogen (secondary N) is 1. The molecule has 0 radical (unpaired) electrons. The molecule has 7 heteroatoms. The van der Waals surface area contributed by atoms with Crippen molar-refractivity contribution < 1.29 is 14.7 Å². The third kappa shape index (κ3) is 3.72. The fraction of sp³-hybridized carbons (Fsp3) is 0.471. The van der Waals surface area contributed by atoms with Gasteiger partial charge >= 0.3 is 5.97 Å². The standard InChI is InChI=1S/C17H21N3O3S/c1-11(16-18-13-4-2-3-5-14(13)19-16)24-10-15(21)20-8-6-12(7-9-20)17(22)23/h2-5,11-12H,6-10H2,1H3,(H,18,19)(H,22,23). The summed E-state index contributed by atoms with van der Waals surface area (Å²) < 4.78 is 0. The van der Waals surface area contributed by atoms with Crippen molar-refractivity contribution in [3.63, 3.8) is 0 Å². The molecule has 1 fully saturated rings. The molecule has 1 saturated heterocycles. The van der Waals surface area contributed by atoms with Crippen molar-refractivity contribution in [1.82, 2.24) is 14.9 Å². The number of carboxylic acids is 1. The van der Waals surface area contributed by atoms with E-state index in [4.69, 9.17) is 5.11 Å². The Bertz CT molecular complexity index is 705. The average Bonchev–Trinajstić information content (AvgIpc) is 3.03. The van der Waals surface area contributed by atoms with Gasteiger partial charge in [-0.2, -0.15) is 0 Å². The number of thioether (sulfide) groups is 1. The second-order valence-electron chi connectivity index (χ2n) is 6.09. The molecule has 0 saturated carbocycles. The molecule has 3 rings (SSSR count). The second kappa shape index (κ2) is 7.25. The van der Waals surface area contributed by atoms with Gasteiger partial charge in [0.25, 0.3) is 0 Å². The molecule has 1 aliphatic rings. The fourth-order valence-corrected chi connectivity index (χ4v) is 3.75. The zero-order valence-corrected chi connectivity index (χ0v) is 14.4. The lowest BCUT2D eigenvalue weighted by Crippen LogP contribution is -2.41. The van der Waals surface area contributed by atoms with Crippen LogP contribution >= 0.6 is 11.8 Å². The van der Waals surface area contributed by atoms with E-state index in [-0.39, 0.29) is 17.1 Å². The Morgan fingerprint density at radius 3 is 2.75 bits per heavy atom. The third-order valence-electron chi connectivity index (χ3n) is 4.45. The molecule has 2 heterocycles. The number of likely N-dealkylation sites (tertiary alicyclic amines) is 1. The zero-order chi connectivity index (χ0) is 17.1. The van der Waals surface area contributed by atoms with Crippen molar-refractivity contribution in [3.8, 4) is 0 Å². The van der Waals surface area contributed by atoms with Crippen LogP contribution in [0.5, 0.6) is 0 Å². The molecule has 0 spiro atoms. The van der Waals surface area contributed by atoms with Crippen LogP contribution in [0.25, 0.3) is 11.0 Å². The molecule has 6 nitrogen and oxygen atoms in total. The van der Waals surface area contributed by atoms with Crippen LogP contribution < -0.4 is 0 Å². The van der Waals surface area contributed by atoms with Crippen molar-refractivity contribution >= 4 is 34.7 Å². The van der Waals surface area contributed by atoms with E-state index in [0.717, 1.165) is 16.9 Å². The van der Waals surface area contributed by atoms with E-state index in [9.17, 15) is 9.59 Å². The van der Waals surface area contributed by atoms with E-state index >= 15 is 0 Å². The molecule has 0 bridgehead atoms. The number of aromatic nitrogens is 2. The largest absolute Gasteiger partial charge is 0.481 e. The van der Waals surface area contributed by atoms with Gasteiger partial charge in [-0.3, -0.25) is 9.59 Å². The summed E-state index contributed by atoms with van der Waals surface area (Å²) in [6, 6.07) is 7.87. The molecule has 24 heavy (non-hydrogen) atoms. The number of piperidine rings is 1. The van der Waals surface area contributed by atoms with E-state index in [1.165, 1.54) is 0 Å². The molecule has 128 valence electrons. The number of carbonyl (C=O) groups is 2. The van der Waals surface area contributed by atoms with Gasteiger partial charge in [-0.15, -0.1) is 11.8 Å². The molecule has 1 aromatic heterocycles. The first kappa shape index (κ1) is 16.8. The first-order valence-corrected chi connectivity index (χ1v) is 9.16. The quantitative estimate of drug-likeness (QED) is 0.868. The number of imidazole rings is 1. The maximum Gasteiger partial charge on any atom is 0.306 e. The summed E-state index contributed by atoms with van der Waals surface area (Å²) in [6.07, 6.45) is 1.09. The van der Waals surface area contributed by atoms with Gasteiger partial charge in [0.1, 0.15) is 5.82 Å². The Morgan fingerprint density at radius 1 is 1.38 bits per heavy atom. The number of aliphatic carboxylic acids is 1. The van der Waals surface area contributed by atoms with Gasteiger partial charge in [0.15, 0.2) is 0 Å². The number of rotatable bonds is 5. The molecule has 1 amide bonds. The van der Waals surface area contributed by atoms with Crippen LogP contribution in [-0.4, -0.2) is 50.7 Å². The number of para-hydroxylation sites is 2. The number of aromatic amines is 1. The van der Waals surface area contributed by atoms with Crippen molar-refractivity contribution in [3.05, 3.63) is 30.1 Å². The lowest BCUT2D eigenvalue weighted by molar-refractivity contribution is -0.145. The van der Waals surface area contributed by atoms with E-state index < -0.39 is 5.97 Å². The number of carbonyl (C=O) groups excluding carboxylic acids is 1. The molecule has 1 unspecified atom stereocenters. The van der Waals surface area contributed by atoms with Gasteiger partial charge in [-0.05, 0) is 31.9 Å². The number of hydrogen-bond acceptors (Lipinski definition) is 4. The Hall–Kier alpha value is -2.02. The molecule has 1 atom stereocenters. The lowest BCUT2D eigenvalue weighted by Gasteiger charge is -2.30. The Kier molecular flexibility index (Phi) is 5.08. The topological polar surface area (TPSA) is 86.3 Å². The minimum Gasteiger partial charge on any atom is -0.481 e. The zero-order valence-electron chi connectivity index (χ0n) is 13.6. The van der Waals surface area contributed by atoms with Crippen LogP contribution in [0, 0.1) is 5.92 Å². The number of H-pyrrole nitrogens is 1. The first-order chi connectivity index (χ1) is 11.5. The average molecular weight is 347 g/mol. The number of carboxylic acid groups (broad SMARTS) is 1. The van der Waals surface area contributed by atoms with Crippen molar-refractivity contribution in [2.24, 2.45) is 5.92 Å². The van der Waals surface area contributed by atoms with Crippen LogP contribution in [0.1, 0.15) is 30.8 Å². The molecule has 1 aromatic carbocycles. The summed E-state index contributed by atoms with van der Waals surface area (Å²) >= 11 is 1.55. The highest BCUT2D eigenvalue weighted by atomic mass is 32.2. The molecule has 2 aromatic rings. The Balaban J connectivity index is 1.51. The van der Waals surface area contributed by atoms with Gasteiger partial charge < -0.3 is 15.0 Å². The number of amides is 1. The summed E-state index contributed by atoms with van der Waals surface area (Å²) in [7, 11) is 0. The van der Waals surface area contributed by atoms with Crippen molar-refractivity contribution in [2.75, 3.05) is 18.8 Å². The normalized spacial score (nSPS) is 17.1. The predicted octanol–water partition coefficient (Wildman–Crippen LogP) is 2.68. The van der Waals surface area contributed by atoms with Crippen molar-refractivity contribution in [1.29, 1.82) is 0 Å². The van der Waals surface area contributed by atoms with Gasteiger partial charge in [0, 0.05) is 13.1 Å². The van der Waals surface area contributed by atoms with Gasteiger partial charge in [0.05, 0.1) is 28.0 Å². The molecule has 0 aliphatic carbocycles. The smallest absolute Gasteiger partial charge is 0.306 e. The minimum atomic E-state index is -0.755. The molecular weight excluding hydrogens is 326 g/mol. The maximum atomic E-state index is 12.3. The fourth-order valence-electron chi connectivity index (χ4n) is 2.91. The summed E-state index contributed by atoms with van der Waals surface area (Å²) in [5.74, 6) is 0.271. The highest BCUT2D eigenvalue weighted by molar-refractivity contribution is 8.00. The van der Waals surface area contributed by atoms with E-state index in [2.05, 4.69) is 9.97 Å². The van der Waals surface area contributed by atoms with Gasteiger partial charge in [-0.1, -0.05) is 12.1 Å². The van der Waals surface area contributed by atoms with E-state index in [1.54, 1.807) is 16.7 Å². The molecule has 2 N–H and O–H groups in total. The third-order valence-corrected chi connectivity index (χ3v) is 5.58. The number of hydrogen-bond donors (Lipinski definition) is 2. The summed E-state index contributed by atoms with van der Waals surface area (Å²) in [4.78, 5) is 32.9. The molecular formula is C17H21N3O3S. The Labute approximate surface area is 144 Å². The van der Waals surface area contributed by atoms with Crippen LogP contribution in [0.2, 0.25) is 0 Å². The maximum absolute atomic E-state index is 12.3. The van der Waals surface area contributed by atoms with Gasteiger partial charge in [-0.25, -0.2) is 4.98 Å². The van der Waals surface area contributed by atoms with Crippen LogP contribution in [0.15, 0.2) is 24.3 Å².